The van der Waals surface area contributed by atoms with Gasteiger partial charge in [0.15, 0.2) is 0 Å². The summed E-state index contributed by atoms with van der Waals surface area (Å²) in [5.74, 6) is 0.0480. The molecule has 6 heteroatoms. The number of primary amides is 1. The van der Waals surface area contributed by atoms with Gasteiger partial charge in [-0.25, -0.2) is 4.98 Å². The molecule has 1 amide bonds. The molecule has 1 atom stereocenters. The van der Waals surface area contributed by atoms with Gasteiger partial charge in [-0.2, -0.15) is 0 Å². The third-order valence-electron chi connectivity index (χ3n) is 3.19. The first-order chi connectivity index (χ1) is 10.0. The van der Waals surface area contributed by atoms with E-state index in [1.165, 1.54) is 11.8 Å². The molecule has 0 radical (unpaired) electrons. The summed E-state index contributed by atoms with van der Waals surface area (Å²) < 4.78 is 0. The lowest BCUT2D eigenvalue weighted by Crippen LogP contribution is -2.49. The van der Waals surface area contributed by atoms with Crippen LogP contribution in [0.1, 0.15) is 12.0 Å². The molecule has 1 aromatic carbocycles. The van der Waals surface area contributed by atoms with Crippen LogP contribution in [-0.4, -0.2) is 16.6 Å². The van der Waals surface area contributed by atoms with Gasteiger partial charge in [-0.1, -0.05) is 41.9 Å². The van der Waals surface area contributed by atoms with Crippen LogP contribution in [0.3, 0.4) is 0 Å². The zero-order valence-corrected chi connectivity index (χ0v) is 12.9. The van der Waals surface area contributed by atoms with Gasteiger partial charge in [0, 0.05) is 11.9 Å². The third-order valence-corrected chi connectivity index (χ3v) is 4.61. The number of nitrogens with zero attached hydrogens (tertiary/aromatic N) is 1. The van der Waals surface area contributed by atoms with Crippen LogP contribution in [0, 0.1) is 0 Å². The lowest BCUT2D eigenvalue weighted by atomic mass is 9.88. The molecule has 4 N–H and O–H groups in total. The molecule has 0 saturated heterocycles. The van der Waals surface area contributed by atoms with E-state index in [9.17, 15) is 4.79 Å². The second kappa shape index (κ2) is 6.93. The Bertz CT molecular complexity index is 623. The monoisotopic (exact) mass is 321 g/mol. The average Bonchev–Trinajstić information content (AvgIpc) is 2.49. The Morgan fingerprint density at radius 1 is 1.24 bits per heavy atom. The van der Waals surface area contributed by atoms with Gasteiger partial charge < -0.3 is 11.5 Å². The Morgan fingerprint density at radius 2 is 1.95 bits per heavy atom. The molecule has 0 aliphatic carbocycles. The Kier molecular flexibility index (Phi) is 5.22. The molecular formula is C15H16ClN3OS. The van der Waals surface area contributed by atoms with Crippen LogP contribution in [-0.2, 0) is 10.3 Å². The number of benzene rings is 1. The van der Waals surface area contributed by atoms with E-state index in [0.29, 0.717) is 22.8 Å². The van der Waals surface area contributed by atoms with E-state index in [1.54, 1.807) is 18.3 Å². The zero-order chi connectivity index (χ0) is 15.3. The Balaban J connectivity index is 2.08. The zero-order valence-electron chi connectivity index (χ0n) is 11.3. The molecule has 110 valence electrons. The Morgan fingerprint density at radius 3 is 2.57 bits per heavy atom. The van der Waals surface area contributed by atoms with Gasteiger partial charge in [0.2, 0.25) is 5.91 Å². The molecule has 0 spiro atoms. The summed E-state index contributed by atoms with van der Waals surface area (Å²) in [5, 5.41) is 1.31. The summed E-state index contributed by atoms with van der Waals surface area (Å²) in [6.07, 6.45) is 2.08. The van der Waals surface area contributed by atoms with E-state index in [1.807, 2.05) is 30.3 Å². The number of nitrogens with two attached hydrogens (primary N) is 2. The molecule has 1 heterocycles. The van der Waals surface area contributed by atoms with Gasteiger partial charge in [0.1, 0.15) is 10.6 Å². The number of pyridine rings is 1. The Hall–Kier alpha value is -1.56. The quantitative estimate of drug-likeness (QED) is 0.801. The fourth-order valence-corrected chi connectivity index (χ4v) is 3.18. The van der Waals surface area contributed by atoms with Crippen LogP contribution in [0.15, 0.2) is 53.7 Å². The first kappa shape index (κ1) is 15.8. The topological polar surface area (TPSA) is 82.0 Å². The van der Waals surface area contributed by atoms with Gasteiger partial charge in [0.05, 0.1) is 5.02 Å². The number of hydrogen-bond acceptors (Lipinski definition) is 4. The second-order valence-electron chi connectivity index (χ2n) is 4.59. The largest absolute Gasteiger partial charge is 0.368 e. The first-order valence-corrected chi connectivity index (χ1v) is 7.78. The number of amides is 1. The van der Waals surface area contributed by atoms with Crippen molar-refractivity contribution in [2.24, 2.45) is 11.5 Å². The van der Waals surface area contributed by atoms with Crippen molar-refractivity contribution in [1.29, 1.82) is 0 Å². The van der Waals surface area contributed by atoms with Crippen LogP contribution < -0.4 is 11.5 Å². The van der Waals surface area contributed by atoms with Crippen molar-refractivity contribution in [1.82, 2.24) is 4.98 Å². The maximum atomic E-state index is 11.8. The second-order valence-corrected chi connectivity index (χ2v) is 6.08. The number of carbonyl (C=O) groups excluding carboxylic acids is 1. The molecule has 0 saturated carbocycles. The predicted molar refractivity (Wildman–Crippen MR) is 86.1 cm³/mol. The van der Waals surface area contributed by atoms with E-state index in [0.717, 1.165) is 5.03 Å². The highest BCUT2D eigenvalue weighted by molar-refractivity contribution is 7.99. The smallest absolute Gasteiger partial charge is 0.242 e. The van der Waals surface area contributed by atoms with Gasteiger partial charge in [-0.3, -0.25) is 4.79 Å². The molecule has 2 rings (SSSR count). The van der Waals surface area contributed by atoms with E-state index in [-0.39, 0.29) is 0 Å². The molecule has 0 bridgehead atoms. The van der Waals surface area contributed by atoms with Gasteiger partial charge in [-0.15, -0.1) is 11.8 Å². The maximum absolute atomic E-state index is 11.8. The highest BCUT2D eigenvalue weighted by Gasteiger charge is 2.33. The van der Waals surface area contributed by atoms with Crippen molar-refractivity contribution in [2.75, 3.05) is 5.75 Å². The van der Waals surface area contributed by atoms with E-state index in [2.05, 4.69) is 4.98 Å². The number of thioether (sulfide) groups is 1. The minimum Gasteiger partial charge on any atom is -0.368 e. The standard InChI is InChI=1S/C15H16ClN3OS/c16-12-7-4-9-19-13(12)21-10-8-15(18,14(17)20)11-5-2-1-3-6-11/h1-7,9H,8,10,18H2,(H2,17,20). The molecule has 21 heavy (non-hydrogen) atoms. The molecule has 1 aromatic heterocycles. The molecule has 4 nitrogen and oxygen atoms in total. The number of halogens is 1. The summed E-state index contributed by atoms with van der Waals surface area (Å²) in [7, 11) is 0. The molecule has 0 fully saturated rings. The molecule has 1 unspecified atom stereocenters. The van der Waals surface area contributed by atoms with Crippen molar-refractivity contribution in [3.63, 3.8) is 0 Å². The van der Waals surface area contributed by atoms with Crippen LogP contribution >= 0.6 is 23.4 Å². The highest BCUT2D eigenvalue weighted by atomic mass is 35.5. The number of rotatable bonds is 6. The normalized spacial score (nSPS) is 13.6. The fraction of sp³-hybridized carbons (Fsp3) is 0.200. The summed E-state index contributed by atoms with van der Waals surface area (Å²) in [6.45, 7) is 0. The molecule has 0 aliphatic rings. The lowest BCUT2D eigenvalue weighted by molar-refractivity contribution is -0.123. The predicted octanol–water partition coefficient (Wildman–Crippen LogP) is 2.56. The number of aromatic nitrogens is 1. The number of carbonyl (C=O) groups is 1. The number of hydrogen-bond donors (Lipinski definition) is 2. The van der Waals surface area contributed by atoms with E-state index >= 15 is 0 Å². The lowest BCUT2D eigenvalue weighted by Gasteiger charge is -2.26. The highest BCUT2D eigenvalue weighted by Crippen LogP contribution is 2.29. The van der Waals surface area contributed by atoms with Crippen molar-refractivity contribution >= 4 is 29.3 Å². The van der Waals surface area contributed by atoms with Gasteiger partial charge in [0.25, 0.3) is 0 Å². The molecule has 0 aliphatic heterocycles. The van der Waals surface area contributed by atoms with E-state index < -0.39 is 11.4 Å². The Labute approximate surface area is 132 Å². The van der Waals surface area contributed by atoms with Crippen molar-refractivity contribution in [3.05, 3.63) is 59.2 Å². The van der Waals surface area contributed by atoms with Crippen LogP contribution in [0.25, 0.3) is 0 Å². The maximum Gasteiger partial charge on any atom is 0.242 e. The summed E-state index contributed by atoms with van der Waals surface area (Å²) in [4.78, 5) is 16.0. The van der Waals surface area contributed by atoms with Crippen LogP contribution in [0.4, 0.5) is 0 Å². The van der Waals surface area contributed by atoms with Crippen LogP contribution in [0.5, 0.6) is 0 Å². The molecular weight excluding hydrogens is 306 g/mol. The van der Waals surface area contributed by atoms with Crippen LogP contribution in [0.2, 0.25) is 5.02 Å². The van der Waals surface area contributed by atoms with E-state index in [4.69, 9.17) is 23.1 Å². The fourth-order valence-electron chi connectivity index (χ4n) is 1.93. The van der Waals surface area contributed by atoms with Gasteiger partial charge in [-0.05, 0) is 24.1 Å². The first-order valence-electron chi connectivity index (χ1n) is 6.41. The van der Waals surface area contributed by atoms with Crippen molar-refractivity contribution in [2.45, 2.75) is 17.0 Å². The summed E-state index contributed by atoms with van der Waals surface area (Å²) in [5.41, 5.74) is 11.2. The minimum atomic E-state index is -1.19. The molecule has 2 aromatic rings. The van der Waals surface area contributed by atoms with Gasteiger partial charge >= 0.3 is 0 Å². The van der Waals surface area contributed by atoms with Crippen molar-refractivity contribution in [3.8, 4) is 0 Å². The average molecular weight is 322 g/mol. The minimum absolute atomic E-state index is 0.407. The van der Waals surface area contributed by atoms with Crippen molar-refractivity contribution < 1.29 is 4.79 Å². The third kappa shape index (κ3) is 3.75. The summed E-state index contributed by atoms with van der Waals surface area (Å²) in [6, 6.07) is 12.7. The SMILES string of the molecule is NC(=O)C(N)(CCSc1ncccc1Cl)c1ccccc1. The summed E-state index contributed by atoms with van der Waals surface area (Å²) >= 11 is 7.50.